The maximum absolute atomic E-state index is 14.6. The van der Waals surface area contributed by atoms with Gasteiger partial charge < -0.3 is 20.6 Å². The van der Waals surface area contributed by atoms with Crippen molar-refractivity contribution < 1.29 is 14.3 Å². The number of aromatic nitrogens is 2. The average molecular weight is 466 g/mol. The van der Waals surface area contributed by atoms with Crippen molar-refractivity contribution in [3.63, 3.8) is 0 Å². The van der Waals surface area contributed by atoms with Crippen LogP contribution in [-0.4, -0.2) is 51.4 Å². The number of nitrogens with zero attached hydrogens (tertiary/aromatic N) is 3. The van der Waals surface area contributed by atoms with Crippen LogP contribution in [0.5, 0.6) is 5.75 Å². The molecule has 2 bridgehead atoms. The molecule has 3 heterocycles. The number of likely N-dealkylation sites (N-methyl/N-ethyl adjacent to an activating group) is 1. The zero-order valence-electron chi connectivity index (χ0n) is 19.9. The third-order valence-corrected chi connectivity index (χ3v) is 7.50. The van der Waals surface area contributed by atoms with E-state index in [1.165, 1.54) is 44.2 Å². The summed E-state index contributed by atoms with van der Waals surface area (Å²) in [6.45, 7) is 4.66. The second kappa shape index (κ2) is 8.34. The van der Waals surface area contributed by atoms with Gasteiger partial charge >= 0.3 is 0 Å². The monoisotopic (exact) mass is 465 g/mol. The Morgan fingerprint density at radius 3 is 2.47 bits per heavy atom. The minimum Gasteiger partial charge on any atom is -0.507 e. The van der Waals surface area contributed by atoms with Gasteiger partial charge in [-0.2, -0.15) is 0 Å². The smallest absolute Gasteiger partial charge is 0.243 e. The first kappa shape index (κ1) is 22.8. The molecule has 2 saturated heterocycles. The molecule has 3 N–H and O–H groups in total. The Morgan fingerprint density at radius 2 is 1.88 bits per heavy atom. The van der Waals surface area contributed by atoms with Gasteiger partial charge in [-0.15, -0.1) is 10.2 Å². The topological polar surface area (TPSA) is 90.4 Å². The number of aromatic hydroxyl groups is 1. The van der Waals surface area contributed by atoms with Crippen molar-refractivity contribution in [2.45, 2.75) is 75.5 Å². The van der Waals surface area contributed by atoms with Gasteiger partial charge in [0.15, 0.2) is 5.82 Å². The van der Waals surface area contributed by atoms with E-state index in [4.69, 9.17) is 0 Å². The number of phenols is 1. The van der Waals surface area contributed by atoms with Crippen LogP contribution in [0.3, 0.4) is 0 Å². The van der Waals surface area contributed by atoms with E-state index in [-0.39, 0.29) is 33.9 Å². The van der Waals surface area contributed by atoms with Gasteiger partial charge in [0.05, 0.1) is 5.69 Å². The number of nitrogens with one attached hydrogen (secondary N) is 2. The quantitative estimate of drug-likeness (QED) is 0.563. The molecule has 180 valence electrons. The summed E-state index contributed by atoms with van der Waals surface area (Å²) in [6, 6.07) is 7.16. The van der Waals surface area contributed by atoms with Gasteiger partial charge in [0.25, 0.3) is 0 Å². The van der Waals surface area contributed by atoms with Crippen molar-refractivity contribution in [2.75, 3.05) is 11.9 Å². The highest BCUT2D eigenvalue weighted by Gasteiger charge is 2.51. The summed E-state index contributed by atoms with van der Waals surface area (Å²) < 4.78 is 14.6. The molecule has 3 atom stereocenters. The molecule has 34 heavy (non-hydrogen) atoms. The lowest BCUT2D eigenvalue weighted by atomic mass is 9.84. The van der Waals surface area contributed by atoms with Gasteiger partial charge in [-0.05, 0) is 82.7 Å². The summed E-state index contributed by atoms with van der Waals surface area (Å²) in [5.41, 5.74) is 1.12. The molecule has 1 aliphatic carbocycles. The third kappa shape index (κ3) is 4.39. The van der Waals surface area contributed by atoms with Crippen LogP contribution >= 0.6 is 0 Å². The molecule has 3 aliphatic rings. The van der Waals surface area contributed by atoms with Crippen molar-refractivity contribution in [3.05, 3.63) is 41.7 Å². The number of piperidine rings is 1. The standard InChI is InChI=1S/C26H32FN5O2/c1-25-10-11-26(2,31-25)15-18(14-25)32(17-5-6-17)23-8-7-21(29-30-23)19-13-20(27)16(12-22(19)33)4-9-24(34)28-3/h4,7-9,12-13,17-18,31,33H,5-6,10-11,14-15H2,1-3H3,(H,28,34)/b9-4+/t18?,25-,26+. The lowest BCUT2D eigenvalue weighted by Crippen LogP contribution is -2.59. The number of carbonyl (C=O) groups is 1. The first-order valence-corrected chi connectivity index (χ1v) is 12.0. The third-order valence-electron chi connectivity index (χ3n) is 7.50. The Hall–Kier alpha value is -3.00. The van der Waals surface area contributed by atoms with Crippen molar-refractivity contribution in [1.29, 1.82) is 0 Å². The fourth-order valence-corrected chi connectivity index (χ4v) is 5.81. The summed E-state index contributed by atoms with van der Waals surface area (Å²) in [5, 5.41) is 25.7. The maximum atomic E-state index is 14.6. The van der Waals surface area contributed by atoms with Crippen molar-refractivity contribution >= 4 is 17.8 Å². The van der Waals surface area contributed by atoms with Gasteiger partial charge in [-0.25, -0.2) is 4.39 Å². The number of halogens is 1. The highest BCUT2D eigenvalue weighted by atomic mass is 19.1. The molecule has 0 radical (unpaired) electrons. The van der Waals surface area contributed by atoms with E-state index < -0.39 is 5.82 Å². The zero-order chi connectivity index (χ0) is 24.1. The molecule has 2 aliphatic heterocycles. The van der Waals surface area contributed by atoms with E-state index in [9.17, 15) is 14.3 Å². The van der Waals surface area contributed by atoms with E-state index in [1.54, 1.807) is 6.07 Å². The van der Waals surface area contributed by atoms with Crippen LogP contribution in [0.1, 0.15) is 57.9 Å². The van der Waals surface area contributed by atoms with E-state index in [0.29, 0.717) is 17.8 Å². The molecule has 1 amide bonds. The van der Waals surface area contributed by atoms with Gasteiger partial charge in [-0.1, -0.05) is 0 Å². The molecule has 1 unspecified atom stereocenters. The van der Waals surface area contributed by atoms with Crippen LogP contribution in [-0.2, 0) is 4.79 Å². The minimum atomic E-state index is -0.551. The SMILES string of the molecule is CNC(=O)/C=C/c1cc(O)c(-c2ccc(N(C3CC3)C3C[C@]4(C)CC[C@](C)(C3)N4)nn2)cc1F. The maximum Gasteiger partial charge on any atom is 0.243 e. The Bertz CT molecular complexity index is 1110. The zero-order valence-corrected chi connectivity index (χ0v) is 19.9. The number of fused-ring (bicyclic) bond motifs is 2. The fourth-order valence-electron chi connectivity index (χ4n) is 5.81. The predicted molar refractivity (Wildman–Crippen MR) is 130 cm³/mol. The summed E-state index contributed by atoms with van der Waals surface area (Å²) in [4.78, 5) is 13.8. The highest BCUT2D eigenvalue weighted by molar-refractivity contribution is 5.91. The summed E-state index contributed by atoms with van der Waals surface area (Å²) in [7, 11) is 1.49. The Morgan fingerprint density at radius 1 is 1.18 bits per heavy atom. The number of rotatable bonds is 6. The summed E-state index contributed by atoms with van der Waals surface area (Å²) in [5.74, 6) is -0.177. The lowest BCUT2D eigenvalue weighted by Gasteiger charge is -2.46. The Labute approximate surface area is 199 Å². The fraction of sp³-hybridized carbons (Fsp3) is 0.500. The molecular formula is C26H32FN5O2. The molecule has 1 saturated carbocycles. The van der Waals surface area contributed by atoms with Crippen LogP contribution in [0.2, 0.25) is 0 Å². The lowest BCUT2D eigenvalue weighted by molar-refractivity contribution is -0.115. The first-order chi connectivity index (χ1) is 16.2. The van der Waals surface area contributed by atoms with E-state index >= 15 is 0 Å². The number of hydrogen-bond acceptors (Lipinski definition) is 6. The second-order valence-electron chi connectivity index (χ2n) is 10.6. The van der Waals surface area contributed by atoms with Crippen LogP contribution in [0, 0.1) is 5.82 Å². The largest absolute Gasteiger partial charge is 0.507 e. The number of phenolic OH excluding ortho intramolecular Hbond substituents is 1. The molecule has 1 aromatic heterocycles. The van der Waals surface area contributed by atoms with E-state index in [1.807, 2.05) is 6.07 Å². The first-order valence-electron chi connectivity index (χ1n) is 12.0. The van der Waals surface area contributed by atoms with Crippen LogP contribution in [0.15, 0.2) is 30.3 Å². The average Bonchev–Trinajstić information content (AvgIpc) is 3.60. The molecule has 1 aromatic carbocycles. The number of anilines is 1. The normalized spacial score (nSPS) is 28.3. The van der Waals surface area contributed by atoms with Gasteiger partial charge in [-0.3, -0.25) is 4.79 Å². The molecular weight excluding hydrogens is 433 g/mol. The molecule has 0 spiro atoms. The Balaban J connectivity index is 1.39. The highest BCUT2D eigenvalue weighted by Crippen LogP contribution is 2.46. The van der Waals surface area contributed by atoms with Crippen molar-refractivity contribution in [2.24, 2.45) is 0 Å². The second-order valence-corrected chi connectivity index (χ2v) is 10.6. The molecule has 5 rings (SSSR count). The van der Waals surface area contributed by atoms with E-state index in [0.717, 1.165) is 31.5 Å². The minimum absolute atomic E-state index is 0.116. The van der Waals surface area contributed by atoms with Crippen LogP contribution in [0.4, 0.5) is 10.2 Å². The molecule has 2 aromatic rings. The van der Waals surface area contributed by atoms with Crippen molar-refractivity contribution in [3.8, 4) is 17.0 Å². The van der Waals surface area contributed by atoms with Gasteiger partial charge in [0.2, 0.25) is 5.91 Å². The van der Waals surface area contributed by atoms with E-state index in [2.05, 4.69) is 39.6 Å². The van der Waals surface area contributed by atoms with Crippen molar-refractivity contribution in [1.82, 2.24) is 20.8 Å². The number of amides is 1. The molecule has 3 fully saturated rings. The molecule has 7 nitrogen and oxygen atoms in total. The summed E-state index contributed by atoms with van der Waals surface area (Å²) in [6.07, 6.45) is 9.43. The van der Waals surface area contributed by atoms with Gasteiger partial charge in [0, 0.05) is 47.4 Å². The van der Waals surface area contributed by atoms with Gasteiger partial charge in [0.1, 0.15) is 11.6 Å². The Kier molecular flexibility index (Phi) is 5.59. The number of carbonyl (C=O) groups excluding carboxylic acids is 1. The van der Waals surface area contributed by atoms with Crippen LogP contribution < -0.4 is 15.5 Å². The summed E-state index contributed by atoms with van der Waals surface area (Å²) >= 11 is 0. The number of benzene rings is 1. The number of hydrogen-bond donors (Lipinski definition) is 3. The predicted octanol–water partition coefficient (Wildman–Crippen LogP) is 3.78. The van der Waals surface area contributed by atoms with Crippen LogP contribution in [0.25, 0.3) is 17.3 Å². The molecule has 8 heteroatoms.